The van der Waals surface area contributed by atoms with E-state index in [1.54, 1.807) is 4.90 Å². The molecule has 0 bridgehead atoms. The van der Waals surface area contributed by atoms with Crippen molar-refractivity contribution in [2.75, 3.05) is 39.3 Å². The molecule has 0 aliphatic carbocycles. The quantitative estimate of drug-likeness (QED) is 0.623. The van der Waals surface area contributed by atoms with Gasteiger partial charge in [-0.25, -0.2) is 4.79 Å². The van der Waals surface area contributed by atoms with Gasteiger partial charge in [-0.15, -0.1) is 0 Å². The van der Waals surface area contributed by atoms with Crippen molar-refractivity contribution in [3.05, 3.63) is 0 Å². The smallest absolute Gasteiger partial charge is 0.317 e. The van der Waals surface area contributed by atoms with Crippen LogP contribution in [-0.4, -0.2) is 50.2 Å². The number of carbonyl (C=O) groups is 1. The van der Waals surface area contributed by atoms with Crippen LogP contribution in [0.2, 0.25) is 0 Å². The van der Waals surface area contributed by atoms with Crippen molar-refractivity contribution >= 4 is 6.03 Å². The summed E-state index contributed by atoms with van der Waals surface area (Å²) in [5.41, 5.74) is 0. The van der Waals surface area contributed by atoms with Crippen LogP contribution in [0.15, 0.2) is 0 Å². The highest BCUT2D eigenvalue weighted by molar-refractivity contribution is 5.74. The van der Waals surface area contributed by atoms with Crippen molar-refractivity contribution in [2.45, 2.75) is 20.3 Å². The fourth-order valence-electron chi connectivity index (χ4n) is 1.72. The molecular formula is C10H22N3O+. The van der Waals surface area contributed by atoms with E-state index in [9.17, 15) is 4.79 Å². The van der Waals surface area contributed by atoms with Gasteiger partial charge in [0, 0.05) is 6.54 Å². The van der Waals surface area contributed by atoms with Gasteiger partial charge in [0.15, 0.2) is 0 Å². The number of quaternary nitrogens is 1. The van der Waals surface area contributed by atoms with E-state index >= 15 is 0 Å². The van der Waals surface area contributed by atoms with Gasteiger partial charge in [0.25, 0.3) is 0 Å². The summed E-state index contributed by atoms with van der Waals surface area (Å²) in [6.07, 6.45) is 1.01. The lowest BCUT2D eigenvalue weighted by atomic mass is 10.3. The Kier molecular flexibility index (Phi) is 4.73. The predicted octanol–water partition coefficient (Wildman–Crippen LogP) is -0.674. The van der Waals surface area contributed by atoms with Crippen LogP contribution in [0.1, 0.15) is 20.3 Å². The number of rotatable bonds is 3. The van der Waals surface area contributed by atoms with Crippen molar-refractivity contribution in [3.63, 3.8) is 0 Å². The molecule has 0 aromatic rings. The molecular weight excluding hydrogens is 178 g/mol. The lowest BCUT2D eigenvalue weighted by Gasteiger charge is -2.31. The maximum atomic E-state index is 11.6. The number of carbonyl (C=O) groups excluding carboxylic acids is 1. The fraction of sp³-hybridized carbons (Fsp3) is 0.900. The molecule has 0 aromatic carbocycles. The molecule has 0 saturated carbocycles. The number of nitrogens with one attached hydrogen (secondary N) is 2. The molecule has 1 rings (SSSR count). The lowest BCUT2D eigenvalue weighted by Crippen LogP contribution is -3.14. The molecule has 4 heteroatoms. The fourth-order valence-corrected chi connectivity index (χ4v) is 1.72. The zero-order chi connectivity index (χ0) is 10.4. The number of nitrogens with zero attached hydrogens (tertiary/aromatic N) is 1. The Bertz CT molecular complexity index is 176. The molecule has 4 nitrogen and oxygen atoms in total. The van der Waals surface area contributed by atoms with Crippen molar-refractivity contribution in [1.29, 1.82) is 0 Å². The third kappa shape index (κ3) is 3.18. The second-order valence-electron chi connectivity index (χ2n) is 3.82. The Morgan fingerprint density at radius 1 is 1.36 bits per heavy atom. The largest absolute Gasteiger partial charge is 0.338 e. The Morgan fingerprint density at radius 2 is 2.00 bits per heavy atom. The predicted molar refractivity (Wildman–Crippen MR) is 56.5 cm³/mol. The van der Waals surface area contributed by atoms with E-state index in [-0.39, 0.29) is 6.03 Å². The minimum absolute atomic E-state index is 0.113. The van der Waals surface area contributed by atoms with Gasteiger partial charge in [0.2, 0.25) is 0 Å². The summed E-state index contributed by atoms with van der Waals surface area (Å²) in [6.45, 7) is 10.2. The monoisotopic (exact) mass is 200 g/mol. The summed E-state index contributed by atoms with van der Waals surface area (Å²) in [5, 5.41) is 2.91. The van der Waals surface area contributed by atoms with Crippen molar-refractivity contribution in [3.8, 4) is 0 Å². The summed E-state index contributed by atoms with van der Waals surface area (Å²) >= 11 is 0. The van der Waals surface area contributed by atoms with Gasteiger partial charge in [-0.1, -0.05) is 6.92 Å². The van der Waals surface area contributed by atoms with Gasteiger partial charge in [-0.05, 0) is 13.3 Å². The standard InChI is InChI=1S/C10H21N3O/c1-3-5-11-10(14)13-8-6-12(4-2)7-9-13/h3-9H2,1-2H3,(H,11,14)/p+1. The van der Waals surface area contributed by atoms with Crippen LogP contribution in [0.4, 0.5) is 4.79 Å². The minimum atomic E-state index is 0.113. The van der Waals surface area contributed by atoms with Gasteiger partial charge in [0.1, 0.15) is 0 Å². The van der Waals surface area contributed by atoms with Crippen LogP contribution in [0.5, 0.6) is 0 Å². The molecule has 1 saturated heterocycles. The first kappa shape index (κ1) is 11.3. The number of hydrogen-bond acceptors (Lipinski definition) is 1. The van der Waals surface area contributed by atoms with E-state index in [2.05, 4.69) is 19.2 Å². The lowest BCUT2D eigenvalue weighted by molar-refractivity contribution is -0.902. The number of likely N-dealkylation sites (N-methyl/N-ethyl adjacent to an activating group) is 1. The first-order chi connectivity index (χ1) is 6.77. The molecule has 0 spiro atoms. The molecule has 1 heterocycles. The van der Waals surface area contributed by atoms with Crippen molar-refractivity contribution < 1.29 is 9.69 Å². The molecule has 0 atom stereocenters. The first-order valence-corrected chi connectivity index (χ1v) is 5.64. The van der Waals surface area contributed by atoms with E-state index in [1.165, 1.54) is 6.54 Å². The van der Waals surface area contributed by atoms with Gasteiger partial charge in [-0.3, -0.25) is 0 Å². The Balaban J connectivity index is 2.23. The first-order valence-electron chi connectivity index (χ1n) is 5.64. The van der Waals surface area contributed by atoms with E-state index in [0.717, 1.165) is 39.1 Å². The van der Waals surface area contributed by atoms with Crippen molar-refractivity contribution in [1.82, 2.24) is 10.2 Å². The van der Waals surface area contributed by atoms with Gasteiger partial charge in [0.05, 0.1) is 32.7 Å². The molecule has 14 heavy (non-hydrogen) atoms. The number of piperazine rings is 1. The van der Waals surface area contributed by atoms with E-state index in [4.69, 9.17) is 0 Å². The summed E-state index contributed by atoms with van der Waals surface area (Å²) in [5.74, 6) is 0. The van der Waals surface area contributed by atoms with Crippen LogP contribution in [-0.2, 0) is 0 Å². The summed E-state index contributed by atoms with van der Waals surface area (Å²) in [4.78, 5) is 15.1. The van der Waals surface area contributed by atoms with Gasteiger partial charge < -0.3 is 15.1 Å². The number of urea groups is 1. The average molecular weight is 200 g/mol. The minimum Gasteiger partial charge on any atom is -0.338 e. The molecule has 0 unspecified atom stereocenters. The van der Waals surface area contributed by atoms with Gasteiger partial charge in [-0.2, -0.15) is 0 Å². The molecule has 1 aliphatic heterocycles. The maximum Gasteiger partial charge on any atom is 0.317 e. The summed E-state index contributed by atoms with van der Waals surface area (Å²) in [6, 6.07) is 0.113. The molecule has 82 valence electrons. The second kappa shape index (κ2) is 5.86. The van der Waals surface area contributed by atoms with Crippen LogP contribution in [0.3, 0.4) is 0 Å². The number of hydrogen-bond donors (Lipinski definition) is 2. The molecule has 0 aromatic heterocycles. The van der Waals surface area contributed by atoms with Crippen molar-refractivity contribution in [2.24, 2.45) is 0 Å². The number of amides is 2. The van der Waals surface area contributed by atoms with E-state index in [0.29, 0.717) is 0 Å². The van der Waals surface area contributed by atoms with Crippen LogP contribution in [0.25, 0.3) is 0 Å². The highest BCUT2D eigenvalue weighted by Gasteiger charge is 2.21. The molecule has 2 N–H and O–H groups in total. The highest BCUT2D eigenvalue weighted by Crippen LogP contribution is 1.90. The molecule has 1 fully saturated rings. The van der Waals surface area contributed by atoms with Crippen LogP contribution >= 0.6 is 0 Å². The second-order valence-corrected chi connectivity index (χ2v) is 3.82. The average Bonchev–Trinajstić information content (AvgIpc) is 2.26. The molecule has 2 amide bonds. The third-order valence-electron chi connectivity index (χ3n) is 2.78. The van der Waals surface area contributed by atoms with Gasteiger partial charge >= 0.3 is 6.03 Å². The summed E-state index contributed by atoms with van der Waals surface area (Å²) in [7, 11) is 0. The Hall–Kier alpha value is -0.770. The Labute approximate surface area is 86.2 Å². The normalized spacial score (nSPS) is 18.3. The Morgan fingerprint density at radius 3 is 2.50 bits per heavy atom. The zero-order valence-corrected chi connectivity index (χ0v) is 9.31. The van der Waals surface area contributed by atoms with Crippen LogP contribution < -0.4 is 10.2 Å². The van der Waals surface area contributed by atoms with Crippen LogP contribution in [0, 0.1) is 0 Å². The zero-order valence-electron chi connectivity index (χ0n) is 9.31. The molecule has 0 radical (unpaired) electrons. The summed E-state index contributed by atoms with van der Waals surface area (Å²) < 4.78 is 0. The maximum absolute atomic E-state index is 11.6. The van der Waals surface area contributed by atoms with E-state index < -0.39 is 0 Å². The third-order valence-corrected chi connectivity index (χ3v) is 2.78. The highest BCUT2D eigenvalue weighted by atomic mass is 16.2. The SMILES string of the molecule is CCCNC(=O)N1CC[NH+](CC)CC1. The molecule has 1 aliphatic rings. The van der Waals surface area contributed by atoms with E-state index in [1.807, 2.05) is 4.90 Å². The topological polar surface area (TPSA) is 36.8 Å².